The smallest absolute Gasteiger partial charge is 0.413 e. The van der Waals surface area contributed by atoms with Crippen LogP contribution in [-0.4, -0.2) is 45.0 Å². The predicted octanol–water partition coefficient (Wildman–Crippen LogP) is 2.84. The molecule has 166 valence electrons. The fourth-order valence-corrected chi connectivity index (χ4v) is 2.51. The van der Waals surface area contributed by atoms with Gasteiger partial charge < -0.3 is 25.0 Å². The van der Waals surface area contributed by atoms with Crippen molar-refractivity contribution >= 4 is 24.0 Å². The zero-order valence-corrected chi connectivity index (χ0v) is 17.4. The summed E-state index contributed by atoms with van der Waals surface area (Å²) in [6.07, 6.45) is -2.25. The van der Waals surface area contributed by atoms with Crippen LogP contribution in [0.25, 0.3) is 0 Å². The normalized spacial score (nSPS) is 12.9. The Morgan fingerprint density at radius 2 is 1.74 bits per heavy atom. The third-order valence-electron chi connectivity index (χ3n) is 3.84. The largest absolute Gasteiger partial charge is 0.480 e. The fraction of sp³-hybridized carbons (Fsp3) is 0.333. The molecule has 31 heavy (non-hydrogen) atoms. The number of ether oxygens (including phenoxy) is 2. The van der Waals surface area contributed by atoms with E-state index in [2.05, 4.69) is 15.6 Å². The Hall–Kier alpha value is -3.66. The van der Waals surface area contributed by atoms with Crippen LogP contribution in [0.4, 0.5) is 15.4 Å². The van der Waals surface area contributed by atoms with Crippen molar-refractivity contribution in [3.63, 3.8) is 0 Å². The third kappa shape index (κ3) is 7.59. The Morgan fingerprint density at radius 1 is 1.06 bits per heavy atom. The number of hydrogen-bond acceptors (Lipinski definition) is 7. The van der Waals surface area contributed by atoms with Gasteiger partial charge in [-0.2, -0.15) is 0 Å². The molecule has 10 heteroatoms. The monoisotopic (exact) mass is 431 g/mol. The summed E-state index contributed by atoms with van der Waals surface area (Å²) in [6, 6.07) is 9.87. The molecule has 0 bridgehead atoms. The molecule has 0 aliphatic carbocycles. The average Bonchev–Trinajstić information content (AvgIpc) is 2.69. The number of benzene rings is 1. The zero-order valence-electron chi connectivity index (χ0n) is 17.4. The number of aromatic nitrogens is 1. The van der Waals surface area contributed by atoms with Gasteiger partial charge in [-0.15, -0.1) is 0 Å². The van der Waals surface area contributed by atoms with Gasteiger partial charge in [0.1, 0.15) is 24.1 Å². The van der Waals surface area contributed by atoms with Crippen molar-refractivity contribution in [3.05, 3.63) is 59.8 Å². The number of nitrogens with one attached hydrogen (secondary N) is 2. The second-order valence-electron chi connectivity index (χ2n) is 7.53. The Bertz CT molecular complexity index is 913. The number of aliphatic carboxylic acids is 1. The van der Waals surface area contributed by atoms with E-state index in [4.69, 9.17) is 9.47 Å². The second-order valence-corrected chi connectivity index (χ2v) is 7.53. The minimum Gasteiger partial charge on any atom is -0.480 e. The number of rotatable bonds is 7. The maximum Gasteiger partial charge on any atom is 0.413 e. The molecular weight excluding hydrogens is 406 g/mol. The standard InChI is InChI=1S/C21H25N3O7/c1-21(2,3)31-20(29)24-17-14(10-7-11-22-17)16(25)15(18(26)27)23-19(28)30-12-13-8-5-4-6-9-13/h4-11,15-16,25H,12H2,1-3H3,(H,23,28)(H,26,27)(H,22,24,29)/t15-,16-/m1/s1. The van der Waals surface area contributed by atoms with Crippen LogP contribution in [0.1, 0.15) is 38.0 Å². The molecule has 4 N–H and O–H groups in total. The van der Waals surface area contributed by atoms with E-state index >= 15 is 0 Å². The summed E-state index contributed by atoms with van der Waals surface area (Å²) in [5.41, 5.74) is -0.0870. The van der Waals surface area contributed by atoms with Crippen molar-refractivity contribution in [1.82, 2.24) is 10.3 Å². The SMILES string of the molecule is CC(C)(C)OC(=O)Nc1ncccc1[C@@H](O)[C@@H](NC(=O)OCc1ccccc1)C(=O)O. The van der Waals surface area contributed by atoms with Gasteiger partial charge in [0.25, 0.3) is 0 Å². The quantitative estimate of drug-likeness (QED) is 0.523. The number of carboxylic acids is 1. The van der Waals surface area contributed by atoms with Crippen molar-refractivity contribution in [3.8, 4) is 0 Å². The molecular formula is C21H25N3O7. The fourth-order valence-electron chi connectivity index (χ4n) is 2.51. The summed E-state index contributed by atoms with van der Waals surface area (Å²) in [4.78, 5) is 39.8. The van der Waals surface area contributed by atoms with Gasteiger partial charge in [-0.05, 0) is 32.4 Å². The summed E-state index contributed by atoms with van der Waals surface area (Å²) >= 11 is 0. The maximum absolute atomic E-state index is 12.1. The van der Waals surface area contributed by atoms with Gasteiger partial charge in [0.15, 0.2) is 6.04 Å². The first-order valence-electron chi connectivity index (χ1n) is 9.40. The number of amides is 2. The Morgan fingerprint density at radius 3 is 2.35 bits per heavy atom. The number of aliphatic hydroxyl groups is 1. The highest BCUT2D eigenvalue weighted by Crippen LogP contribution is 2.24. The molecule has 1 heterocycles. The molecule has 0 saturated heterocycles. The Kier molecular flexibility index (Phi) is 7.92. The number of aliphatic hydroxyl groups excluding tert-OH is 1. The summed E-state index contributed by atoms with van der Waals surface area (Å²) in [5.74, 6) is -1.61. The number of carbonyl (C=O) groups excluding carboxylic acids is 2. The van der Waals surface area contributed by atoms with Crippen LogP contribution in [0, 0.1) is 0 Å². The average molecular weight is 431 g/mol. The highest BCUT2D eigenvalue weighted by Gasteiger charge is 2.32. The molecule has 0 saturated carbocycles. The van der Waals surface area contributed by atoms with E-state index in [9.17, 15) is 24.6 Å². The Balaban J connectivity index is 2.10. The number of pyridine rings is 1. The topological polar surface area (TPSA) is 147 Å². The predicted molar refractivity (Wildman–Crippen MR) is 110 cm³/mol. The molecule has 1 aromatic heterocycles. The molecule has 0 spiro atoms. The molecule has 0 unspecified atom stereocenters. The lowest BCUT2D eigenvalue weighted by molar-refractivity contribution is -0.142. The van der Waals surface area contributed by atoms with Crippen LogP contribution in [-0.2, 0) is 20.9 Å². The second kappa shape index (κ2) is 10.4. The minimum absolute atomic E-state index is 0.0240. The van der Waals surface area contributed by atoms with Gasteiger partial charge in [0.05, 0.1) is 0 Å². The van der Waals surface area contributed by atoms with Crippen molar-refractivity contribution in [2.24, 2.45) is 0 Å². The number of anilines is 1. The van der Waals surface area contributed by atoms with E-state index in [1.165, 1.54) is 18.3 Å². The lowest BCUT2D eigenvalue weighted by Crippen LogP contribution is -2.45. The van der Waals surface area contributed by atoms with Gasteiger partial charge in [-0.1, -0.05) is 36.4 Å². The van der Waals surface area contributed by atoms with Crippen molar-refractivity contribution in [2.45, 2.75) is 45.1 Å². The summed E-state index contributed by atoms with van der Waals surface area (Å²) in [5, 5.41) is 24.6. The molecule has 0 fully saturated rings. The molecule has 0 aliphatic rings. The Labute approximate surface area is 179 Å². The van der Waals surface area contributed by atoms with Crippen molar-refractivity contribution in [1.29, 1.82) is 0 Å². The van der Waals surface area contributed by atoms with E-state index < -0.39 is 35.9 Å². The molecule has 2 amide bonds. The zero-order chi connectivity index (χ0) is 23.0. The molecule has 2 atom stereocenters. The molecule has 0 radical (unpaired) electrons. The van der Waals surface area contributed by atoms with Crippen LogP contribution in [0.2, 0.25) is 0 Å². The first-order valence-corrected chi connectivity index (χ1v) is 9.40. The number of carbonyl (C=O) groups is 3. The minimum atomic E-state index is -1.76. The summed E-state index contributed by atoms with van der Waals surface area (Å²) < 4.78 is 10.2. The highest BCUT2D eigenvalue weighted by molar-refractivity contribution is 5.85. The van der Waals surface area contributed by atoms with Gasteiger partial charge in [-0.3, -0.25) is 5.32 Å². The third-order valence-corrected chi connectivity index (χ3v) is 3.84. The van der Waals surface area contributed by atoms with Crippen LogP contribution in [0.15, 0.2) is 48.7 Å². The van der Waals surface area contributed by atoms with Crippen molar-refractivity contribution in [2.75, 3.05) is 5.32 Å². The van der Waals surface area contributed by atoms with Gasteiger partial charge >= 0.3 is 18.2 Å². The van der Waals surface area contributed by atoms with Gasteiger partial charge in [0, 0.05) is 11.8 Å². The summed E-state index contributed by atoms with van der Waals surface area (Å²) in [7, 11) is 0. The van der Waals surface area contributed by atoms with E-state index in [0.717, 1.165) is 0 Å². The van der Waals surface area contributed by atoms with Crippen molar-refractivity contribution < 1.29 is 34.1 Å². The van der Waals surface area contributed by atoms with Gasteiger partial charge in [-0.25, -0.2) is 19.4 Å². The number of hydrogen-bond donors (Lipinski definition) is 4. The first kappa shape index (κ1) is 23.6. The van der Waals surface area contributed by atoms with Crippen LogP contribution >= 0.6 is 0 Å². The molecule has 2 aromatic rings. The lowest BCUT2D eigenvalue weighted by Gasteiger charge is -2.23. The first-order chi connectivity index (χ1) is 14.6. The lowest BCUT2D eigenvalue weighted by atomic mass is 10.0. The molecule has 1 aromatic carbocycles. The van der Waals surface area contributed by atoms with E-state index in [1.54, 1.807) is 51.1 Å². The van der Waals surface area contributed by atoms with E-state index in [1.807, 2.05) is 0 Å². The highest BCUT2D eigenvalue weighted by atomic mass is 16.6. The molecule has 0 aliphatic heterocycles. The molecule has 10 nitrogen and oxygen atoms in total. The van der Waals surface area contributed by atoms with E-state index in [-0.39, 0.29) is 18.0 Å². The van der Waals surface area contributed by atoms with Crippen LogP contribution in [0.5, 0.6) is 0 Å². The maximum atomic E-state index is 12.1. The number of carboxylic acid groups (broad SMARTS) is 1. The molecule has 2 rings (SSSR count). The van der Waals surface area contributed by atoms with Crippen LogP contribution in [0.3, 0.4) is 0 Å². The van der Waals surface area contributed by atoms with E-state index in [0.29, 0.717) is 5.56 Å². The number of nitrogens with zero attached hydrogens (tertiary/aromatic N) is 1. The summed E-state index contributed by atoms with van der Waals surface area (Å²) in [6.45, 7) is 4.94. The van der Waals surface area contributed by atoms with Crippen LogP contribution < -0.4 is 10.6 Å². The van der Waals surface area contributed by atoms with Gasteiger partial charge in [0.2, 0.25) is 0 Å². The number of alkyl carbamates (subject to hydrolysis) is 1.